The fourth-order valence-corrected chi connectivity index (χ4v) is 2.27. The van der Waals surface area contributed by atoms with Gasteiger partial charge >= 0.3 is 0 Å². The van der Waals surface area contributed by atoms with Gasteiger partial charge in [-0.15, -0.1) is 0 Å². The number of hydrazine groups is 1. The van der Waals surface area contributed by atoms with Gasteiger partial charge in [0.15, 0.2) is 0 Å². The summed E-state index contributed by atoms with van der Waals surface area (Å²) in [7, 11) is 0. The molecule has 2 rings (SSSR count). The molecule has 106 valence electrons. The maximum Gasteiger partial charge on any atom is 0.129 e. The average Bonchev–Trinajstić information content (AvgIpc) is 2.40. The van der Waals surface area contributed by atoms with Crippen LogP contribution in [0.15, 0.2) is 36.4 Å². The zero-order valence-electron chi connectivity index (χ0n) is 10.3. The van der Waals surface area contributed by atoms with Gasteiger partial charge in [0.25, 0.3) is 0 Å². The van der Waals surface area contributed by atoms with Crippen molar-refractivity contribution in [1.82, 2.24) is 5.43 Å². The van der Waals surface area contributed by atoms with Gasteiger partial charge in [0.2, 0.25) is 0 Å². The second-order valence-electron chi connectivity index (χ2n) is 4.29. The van der Waals surface area contributed by atoms with Crippen molar-refractivity contribution in [3.63, 3.8) is 0 Å². The number of hydrogen-bond donors (Lipinski definition) is 2. The zero-order chi connectivity index (χ0) is 14.7. The van der Waals surface area contributed by atoms with Gasteiger partial charge in [0, 0.05) is 10.6 Å². The lowest BCUT2D eigenvalue weighted by Gasteiger charge is -2.18. The third-order valence-electron chi connectivity index (χ3n) is 3.01. The number of nitrogens with one attached hydrogen (secondary N) is 1. The van der Waals surface area contributed by atoms with E-state index >= 15 is 0 Å². The summed E-state index contributed by atoms with van der Waals surface area (Å²) in [4.78, 5) is 0. The SMILES string of the molecule is NNC(Cc1c(F)cccc1F)c1ccc(F)cc1Cl. The third kappa shape index (κ3) is 3.12. The Bertz CT molecular complexity index is 599. The Labute approximate surface area is 119 Å². The molecule has 0 heterocycles. The molecule has 0 bridgehead atoms. The van der Waals surface area contributed by atoms with Gasteiger partial charge in [-0.25, -0.2) is 13.2 Å². The molecule has 3 N–H and O–H groups in total. The van der Waals surface area contributed by atoms with Gasteiger partial charge in [0.05, 0.1) is 6.04 Å². The van der Waals surface area contributed by atoms with Crippen LogP contribution in [0.25, 0.3) is 0 Å². The van der Waals surface area contributed by atoms with Crippen LogP contribution in [-0.2, 0) is 6.42 Å². The minimum atomic E-state index is -0.663. The van der Waals surface area contributed by atoms with Gasteiger partial charge in [-0.3, -0.25) is 11.3 Å². The Morgan fingerprint density at radius 3 is 2.30 bits per heavy atom. The molecule has 0 fully saturated rings. The Morgan fingerprint density at radius 2 is 1.75 bits per heavy atom. The first-order valence-corrected chi connectivity index (χ1v) is 6.24. The molecule has 0 saturated carbocycles. The van der Waals surface area contributed by atoms with Crippen LogP contribution in [0.1, 0.15) is 17.2 Å². The summed E-state index contributed by atoms with van der Waals surface area (Å²) in [5, 5.41) is 0.143. The number of benzene rings is 2. The standard InChI is InChI=1S/C14H12ClF3N2/c15-11-6-8(16)4-5-9(11)14(20-19)7-10-12(17)2-1-3-13(10)18/h1-6,14,20H,7,19H2. The predicted octanol–water partition coefficient (Wildman–Crippen LogP) is 3.50. The van der Waals surface area contributed by atoms with Crippen LogP contribution in [0.4, 0.5) is 13.2 Å². The molecule has 1 atom stereocenters. The van der Waals surface area contributed by atoms with Gasteiger partial charge in [-0.05, 0) is 36.2 Å². The van der Waals surface area contributed by atoms with E-state index in [0.717, 1.165) is 18.2 Å². The Balaban J connectivity index is 2.34. The largest absolute Gasteiger partial charge is 0.271 e. The van der Waals surface area contributed by atoms with Crippen LogP contribution in [0, 0.1) is 17.5 Å². The third-order valence-corrected chi connectivity index (χ3v) is 3.34. The van der Waals surface area contributed by atoms with Crippen LogP contribution in [0.3, 0.4) is 0 Å². The molecule has 0 aliphatic carbocycles. The number of nitrogens with two attached hydrogens (primary N) is 1. The molecule has 2 aromatic rings. The van der Waals surface area contributed by atoms with Crippen LogP contribution in [0.5, 0.6) is 0 Å². The Hall–Kier alpha value is -1.56. The quantitative estimate of drug-likeness (QED) is 0.670. The Kier molecular flexibility index (Phi) is 4.65. The van der Waals surface area contributed by atoms with Crippen molar-refractivity contribution in [3.8, 4) is 0 Å². The van der Waals surface area contributed by atoms with E-state index in [0.29, 0.717) is 5.56 Å². The van der Waals surface area contributed by atoms with Gasteiger partial charge in [-0.2, -0.15) is 0 Å². The molecule has 0 aliphatic heterocycles. The first kappa shape index (κ1) is 14.8. The summed E-state index contributed by atoms with van der Waals surface area (Å²) in [6.07, 6.45) is -0.0413. The van der Waals surface area contributed by atoms with E-state index in [-0.39, 0.29) is 17.0 Å². The molecular weight excluding hydrogens is 289 g/mol. The van der Waals surface area contributed by atoms with Crippen molar-refractivity contribution in [3.05, 3.63) is 70.0 Å². The van der Waals surface area contributed by atoms with Crippen LogP contribution >= 0.6 is 11.6 Å². The second kappa shape index (κ2) is 6.26. The van der Waals surface area contributed by atoms with E-state index in [4.69, 9.17) is 17.4 Å². The molecule has 0 saturated heterocycles. The fourth-order valence-electron chi connectivity index (χ4n) is 1.97. The lowest BCUT2D eigenvalue weighted by atomic mass is 9.98. The maximum absolute atomic E-state index is 13.6. The van der Waals surface area contributed by atoms with Crippen molar-refractivity contribution in [1.29, 1.82) is 0 Å². The summed E-state index contributed by atoms with van der Waals surface area (Å²) >= 11 is 5.93. The van der Waals surface area contributed by atoms with Crippen molar-refractivity contribution in [2.45, 2.75) is 12.5 Å². The number of halogens is 4. The highest BCUT2D eigenvalue weighted by Crippen LogP contribution is 2.27. The molecule has 6 heteroatoms. The molecule has 0 radical (unpaired) electrons. The monoisotopic (exact) mass is 300 g/mol. The minimum Gasteiger partial charge on any atom is -0.271 e. The highest BCUT2D eigenvalue weighted by molar-refractivity contribution is 6.31. The highest BCUT2D eigenvalue weighted by Gasteiger charge is 2.18. The number of hydrogen-bond acceptors (Lipinski definition) is 2. The molecule has 0 aromatic heterocycles. The molecular formula is C14H12ClF3N2. The zero-order valence-corrected chi connectivity index (χ0v) is 11.1. The van der Waals surface area contributed by atoms with Crippen molar-refractivity contribution in [2.75, 3.05) is 0 Å². The van der Waals surface area contributed by atoms with E-state index < -0.39 is 23.5 Å². The summed E-state index contributed by atoms with van der Waals surface area (Å²) in [6.45, 7) is 0. The Morgan fingerprint density at radius 1 is 1.10 bits per heavy atom. The first-order chi connectivity index (χ1) is 9.52. The van der Waals surface area contributed by atoms with Gasteiger partial charge in [-0.1, -0.05) is 23.7 Å². The van der Waals surface area contributed by atoms with Crippen LogP contribution in [0.2, 0.25) is 5.02 Å². The fraction of sp³-hybridized carbons (Fsp3) is 0.143. The lowest BCUT2D eigenvalue weighted by molar-refractivity contribution is 0.499. The van der Waals surface area contributed by atoms with Crippen molar-refractivity contribution >= 4 is 11.6 Å². The van der Waals surface area contributed by atoms with Gasteiger partial charge < -0.3 is 0 Å². The predicted molar refractivity (Wildman–Crippen MR) is 71.5 cm³/mol. The summed E-state index contributed by atoms with van der Waals surface area (Å²) < 4.78 is 40.3. The molecule has 0 spiro atoms. The van der Waals surface area contributed by atoms with Crippen molar-refractivity contribution < 1.29 is 13.2 Å². The maximum atomic E-state index is 13.6. The smallest absolute Gasteiger partial charge is 0.129 e. The average molecular weight is 301 g/mol. The van der Waals surface area contributed by atoms with E-state index in [1.165, 1.54) is 18.2 Å². The molecule has 2 nitrogen and oxygen atoms in total. The first-order valence-electron chi connectivity index (χ1n) is 5.87. The number of rotatable bonds is 4. The summed E-state index contributed by atoms with van der Waals surface area (Å²) in [5.74, 6) is 3.59. The highest BCUT2D eigenvalue weighted by atomic mass is 35.5. The topological polar surface area (TPSA) is 38.0 Å². The van der Waals surface area contributed by atoms with E-state index in [2.05, 4.69) is 5.43 Å². The molecule has 0 aliphatic rings. The van der Waals surface area contributed by atoms with E-state index in [1.807, 2.05) is 0 Å². The summed E-state index contributed by atoms with van der Waals surface area (Å²) in [5.41, 5.74) is 2.81. The van der Waals surface area contributed by atoms with Gasteiger partial charge in [0.1, 0.15) is 17.5 Å². The van der Waals surface area contributed by atoms with Crippen molar-refractivity contribution in [2.24, 2.45) is 5.84 Å². The summed E-state index contributed by atoms with van der Waals surface area (Å²) in [6, 6.07) is 6.75. The molecule has 0 amide bonds. The molecule has 2 aromatic carbocycles. The van der Waals surface area contributed by atoms with Crippen LogP contribution < -0.4 is 11.3 Å². The lowest BCUT2D eigenvalue weighted by Crippen LogP contribution is -2.30. The van der Waals surface area contributed by atoms with Crippen LogP contribution in [-0.4, -0.2) is 0 Å². The normalized spacial score (nSPS) is 12.4. The molecule has 1 unspecified atom stereocenters. The molecule has 20 heavy (non-hydrogen) atoms. The van der Waals surface area contributed by atoms with E-state index in [9.17, 15) is 13.2 Å². The minimum absolute atomic E-state index is 0.0413. The second-order valence-corrected chi connectivity index (χ2v) is 4.70. The van der Waals surface area contributed by atoms with E-state index in [1.54, 1.807) is 0 Å².